The van der Waals surface area contributed by atoms with Gasteiger partial charge in [0.05, 0.1) is 19.1 Å². The smallest absolute Gasteiger partial charge is 0.269 e. The molecule has 0 fully saturated rings. The second-order valence-electron chi connectivity index (χ2n) is 9.51. The number of nitrogens with zero attached hydrogens (tertiary/aromatic N) is 4. The van der Waals surface area contributed by atoms with Crippen LogP contribution >= 0.6 is 0 Å². The Bertz CT molecular complexity index is 1350. The molecule has 1 unspecified atom stereocenters. The summed E-state index contributed by atoms with van der Waals surface area (Å²) in [7, 11) is 3.14. The number of ether oxygens (including phenoxy) is 2. The van der Waals surface area contributed by atoms with Gasteiger partial charge in [-0.05, 0) is 41.7 Å². The van der Waals surface area contributed by atoms with Crippen molar-refractivity contribution in [3.63, 3.8) is 0 Å². The number of fused-ring (bicyclic) bond motifs is 1. The maximum atomic E-state index is 13.4. The summed E-state index contributed by atoms with van der Waals surface area (Å²) in [6, 6.07) is 11.1. The van der Waals surface area contributed by atoms with Gasteiger partial charge in [-0.2, -0.15) is 4.98 Å². The zero-order valence-corrected chi connectivity index (χ0v) is 19.9. The van der Waals surface area contributed by atoms with Crippen molar-refractivity contribution in [2.75, 3.05) is 19.5 Å². The fourth-order valence-corrected chi connectivity index (χ4v) is 4.75. The molecule has 1 aromatic heterocycles. The first kappa shape index (κ1) is 22.6. The van der Waals surface area contributed by atoms with Crippen LogP contribution in [-0.2, 0) is 4.79 Å². The van der Waals surface area contributed by atoms with Crippen molar-refractivity contribution < 1.29 is 19.2 Å². The molecule has 0 spiro atoms. The second kappa shape index (κ2) is 8.23. The predicted molar refractivity (Wildman–Crippen MR) is 128 cm³/mol. The number of carbonyl (C=O) groups is 1. The van der Waals surface area contributed by atoms with E-state index in [1.807, 2.05) is 12.1 Å². The largest absolute Gasteiger partial charge is 0.497 e. The molecule has 1 N–H and O–H groups in total. The fourth-order valence-electron chi connectivity index (χ4n) is 4.75. The van der Waals surface area contributed by atoms with Crippen LogP contribution in [0, 0.1) is 15.5 Å². The van der Waals surface area contributed by atoms with Gasteiger partial charge in [-0.25, -0.2) is 4.68 Å². The number of aromatic nitrogens is 3. The van der Waals surface area contributed by atoms with Crippen molar-refractivity contribution in [1.29, 1.82) is 0 Å². The van der Waals surface area contributed by atoms with Gasteiger partial charge in [-0.1, -0.05) is 13.8 Å². The number of methoxy groups -OCH3 is 2. The highest BCUT2D eigenvalue weighted by Crippen LogP contribution is 2.46. The van der Waals surface area contributed by atoms with E-state index in [0.717, 1.165) is 11.3 Å². The lowest BCUT2D eigenvalue weighted by Gasteiger charge is -2.38. The Kier molecular flexibility index (Phi) is 5.31. The molecule has 0 radical (unpaired) electrons. The van der Waals surface area contributed by atoms with Gasteiger partial charge >= 0.3 is 0 Å². The number of ketones is 1. The number of non-ortho nitro benzene ring substituents is 1. The second-order valence-corrected chi connectivity index (χ2v) is 9.51. The molecule has 3 aromatic rings. The van der Waals surface area contributed by atoms with Gasteiger partial charge < -0.3 is 14.8 Å². The molecule has 2 heterocycles. The summed E-state index contributed by atoms with van der Waals surface area (Å²) < 4.78 is 12.5. The Morgan fingerprint density at radius 2 is 1.74 bits per heavy atom. The van der Waals surface area contributed by atoms with Crippen LogP contribution in [-0.4, -0.2) is 39.7 Å². The summed E-state index contributed by atoms with van der Waals surface area (Å²) in [5, 5.41) is 19.3. The standard InChI is InChI=1S/C25H25N5O5/c1-25(2)12-19-21(20(31)13-25)22(14-5-7-16(8-6-14)30(32)33)29-24(26-19)27-23(28-29)15-9-17(34-3)11-18(10-15)35-4/h5-11,22H,12-13H2,1-4H3,(H,26,27,28). The topological polar surface area (TPSA) is 121 Å². The van der Waals surface area contributed by atoms with Crippen molar-refractivity contribution in [3.05, 3.63) is 69.4 Å². The lowest BCUT2D eigenvalue weighted by atomic mass is 9.73. The molecule has 35 heavy (non-hydrogen) atoms. The number of carbonyl (C=O) groups excluding carboxylic acids is 1. The zero-order chi connectivity index (χ0) is 24.9. The molecule has 0 saturated carbocycles. The van der Waals surface area contributed by atoms with Crippen molar-refractivity contribution in [3.8, 4) is 22.9 Å². The van der Waals surface area contributed by atoms with E-state index in [4.69, 9.17) is 19.6 Å². The van der Waals surface area contributed by atoms with E-state index in [1.54, 1.807) is 37.1 Å². The third-order valence-corrected chi connectivity index (χ3v) is 6.36. The van der Waals surface area contributed by atoms with Crippen LogP contribution in [0.2, 0.25) is 0 Å². The van der Waals surface area contributed by atoms with Crippen molar-refractivity contribution in [2.24, 2.45) is 5.41 Å². The quantitative estimate of drug-likeness (QED) is 0.422. The molecule has 10 heteroatoms. The zero-order valence-electron chi connectivity index (χ0n) is 19.9. The average molecular weight is 476 g/mol. The maximum Gasteiger partial charge on any atom is 0.269 e. The van der Waals surface area contributed by atoms with Crippen LogP contribution in [0.5, 0.6) is 11.5 Å². The van der Waals surface area contributed by atoms with Crippen LogP contribution in [0.4, 0.5) is 11.6 Å². The van der Waals surface area contributed by atoms with E-state index < -0.39 is 11.0 Å². The summed E-state index contributed by atoms with van der Waals surface area (Å²) >= 11 is 0. The third-order valence-electron chi connectivity index (χ3n) is 6.36. The molecule has 1 aliphatic heterocycles. The number of nitrogens with one attached hydrogen (secondary N) is 1. The van der Waals surface area contributed by atoms with Crippen molar-refractivity contribution in [2.45, 2.75) is 32.7 Å². The lowest BCUT2D eigenvalue weighted by molar-refractivity contribution is -0.384. The molecular formula is C25H25N5O5. The van der Waals surface area contributed by atoms with Crippen LogP contribution in [0.25, 0.3) is 11.4 Å². The predicted octanol–water partition coefficient (Wildman–Crippen LogP) is 4.53. The van der Waals surface area contributed by atoms with Crippen LogP contribution < -0.4 is 14.8 Å². The monoisotopic (exact) mass is 475 g/mol. The minimum atomic E-state index is -0.556. The Morgan fingerprint density at radius 3 is 2.34 bits per heavy atom. The molecule has 1 aliphatic carbocycles. The summed E-state index contributed by atoms with van der Waals surface area (Å²) in [4.78, 5) is 28.8. The van der Waals surface area contributed by atoms with Gasteiger partial charge in [0.15, 0.2) is 11.6 Å². The van der Waals surface area contributed by atoms with Gasteiger partial charge in [0.1, 0.15) is 17.5 Å². The number of hydrogen-bond acceptors (Lipinski definition) is 8. The van der Waals surface area contributed by atoms with E-state index in [-0.39, 0.29) is 16.9 Å². The molecule has 0 bridgehead atoms. The molecule has 1 atom stereocenters. The molecular weight excluding hydrogens is 450 g/mol. The van der Waals surface area contributed by atoms with Crippen molar-refractivity contribution >= 4 is 17.4 Å². The van der Waals surface area contributed by atoms with Gasteiger partial charge in [0, 0.05) is 41.5 Å². The SMILES string of the molecule is COc1cc(OC)cc(-c2nc3n(n2)C(c2ccc([N+](=O)[O-])cc2)C2=C(CC(C)(C)CC2=O)N3)c1. The molecule has 2 aromatic carbocycles. The minimum Gasteiger partial charge on any atom is -0.497 e. The average Bonchev–Trinajstić information content (AvgIpc) is 3.25. The first-order valence-electron chi connectivity index (χ1n) is 11.2. The lowest BCUT2D eigenvalue weighted by Crippen LogP contribution is -2.36. The maximum absolute atomic E-state index is 13.4. The van der Waals surface area contributed by atoms with E-state index >= 15 is 0 Å². The number of hydrogen-bond donors (Lipinski definition) is 1. The van der Waals surface area contributed by atoms with Crippen LogP contribution in [0.3, 0.4) is 0 Å². The molecule has 5 rings (SSSR count). The summed E-state index contributed by atoms with van der Waals surface area (Å²) in [6.07, 6.45) is 1.08. The molecule has 0 saturated heterocycles. The normalized spacial score (nSPS) is 18.4. The van der Waals surface area contributed by atoms with Crippen molar-refractivity contribution in [1.82, 2.24) is 14.8 Å². The Balaban J connectivity index is 1.66. The van der Waals surface area contributed by atoms with Crippen LogP contribution in [0.1, 0.15) is 38.3 Å². The highest BCUT2D eigenvalue weighted by Gasteiger charge is 2.42. The van der Waals surface area contributed by atoms with Gasteiger partial charge in [0.2, 0.25) is 5.95 Å². The Morgan fingerprint density at radius 1 is 1.09 bits per heavy atom. The van der Waals surface area contributed by atoms with E-state index in [9.17, 15) is 14.9 Å². The highest BCUT2D eigenvalue weighted by atomic mass is 16.6. The van der Waals surface area contributed by atoms with E-state index in [0.29, 0.717) is 47.2 Å². The Hall–Kier alpha value is -4.21. The first-order chi connectivity index (χ1) is 16.7. The number of nitro benzene ring substituents is 1. The van der Waals surface area contributed by atoms with E-state index in [1.165, 1.54) is 12.1 Å². The number of allylic oxidation sites excluding steroid dienone is 2. The van der Waals surface area contributed by atoms with E-state index in [2.05, 4.69) is 19.2 Å². The summed E-state index contributed by atoms with van der Waals surface area (Å²) in [6.45, 7) is 4.12. The van der Waals surface area contributed by atoms with Gasteiger partial charge in [-0.15, -0.1) is 5.10 Å². The number of Topliss-reactive ketones (excluding diaryl/α,β-unsaturated/α-hetero) is 1. The summed E-state index contributed by atoms with van der Waals surface area (Å²) in [5.74, 6) is 2.15. The fraction of sp³-hybridized carbons (Fsp3) is 0.320. The number of anilines is 1. The molecule has 0 amide bonds. The number of nitro groups is 1. The van der Waals surface area contributed by atoms with Gasteiger partial charge in [0.25, 0.3) is 5.69 Å². The third kappa shape index (κ3) is 4.01. The minimum absolute atomic E-state index is 0.0176. The first-order valence-corrected chi connectivity index (χ1v) is 11.2. The van der Waals surface area contributed by atoms with Gasteiger partial charge in [-0.3, -0.25) is 14.9 Å². The Labute approximate surface area is 201 Å². The molecule has 180 valence electrons. The summed E-state index contributed by atoms with van der Waals surface area (Å²) in [5.41, 5.74) is 2.62. The molecule has 10 nitrogen and oxygen atoms in total. The highest BCUT2D eigenvalue weighted by molar-refractivity contribution is 6.00. The molecule has 2 aliphatic rings. The number of benzene rings is 2. The van der Waals surface area contributed by atoms with Crippen LogP contribution in [0.15, 0.2) is 53.7 Å². The number of rotatable bonds is 5.